The normalized spacial score (nSPS) is 10.0. The van der Waals surface area contributed by atoms with Crippen LogP contribution in [0.1, 0.15) is 20.8 Å². The van der Waals surface area contributed by atoms with Crippen molar-refractivity contribution >= 4 is 0 Å². The molecule has 0 unspecified atom stereocenters. The molecule has 0 spiro atoms. The molecule has 0 aliphatic heterocycles. The van der Waals surface area contributed by atoms with Crippen LogP contribution in [-0.2, 0) is 0 Å². The summed E-state index contributed by atoms with van der Waals surface area (Å²) in [7, 11) is 0. The Kier molecular flexibility index (Phi) is 5.73. The summed E-state index contributed by atoms with van der Waals surface area (Å²) in [4.78, 5) is 0. The summed E-state index contributed by atoms with van der Waals surface area (Å²) in [5.41, 5.74) is -0.500. The topological polar surface area (TPSA) is 20.2 Å². The number of aliphatic hydroxyl groups is 1. The van der Waals surface area contributed by atoms with Crippen LogP contribution in [-0.4, -0.2) is 10.7 Å². The Morgan fingerprint density at radius 3 is 1.17 bits per heavy atom. The molecule has 0 aromatic carbocycles. The summed E-state index contributed by atoms with van der Waals surface area (Å²) in [6, 6.07) is 0. The summed E-state index contributed by atoms with van der Waals surface area (Å²) >= 11 is 0. The van der Waals surface area contributed by atoms with Gasteiger partial charge in [0, 0.05) is 40.8 Å². The second-order valence-corrected chi connectivity index (χ2v) is 2.17. The van der Waals surface area contributed by atoms with Crippen LogP contribution in [0.5, 0.6) is 0 Å². The Morgan fingerprint density at radius 2 is 1.17 bits per heavy atom. The molecule has 0 aromatic rings. The molecule has 0 amide bonds. The summed E-state index contributed by atoms with van der Waals surface area (Å²) < 4.78 is 0. The molecule has 6 heavy (non-hydrogen) atoms. The number of rotatable bonds is 0. The van der Waals surface area contributed by atoms with Crippen molar-refractivity contribution in [2.75, 3.05) is 0 Å². The predicted molar refractivity (Wildman–Crippen MR) is 22.0 cm³/mol. The molecule has 0 saturated heterocycles. The van der Waals surface area contributed by atoms with Crippen molar-refractivity contribution in [1.29, 1.82) is 0 Å². The molecule has 1 N–H and O–H groups in total. The van der Waals surface area contributed by atoms with E-state index in [0.29, 0.717) is 0 Å². The Labute approximate surface area is 71.7 Å². The van der Waals surface area contributed by atoms with Gasteiger partial charge in [0.15, 0.2) is 0 Å². The summed E-state index contributed by atoms with van der Waals surface area (Å²) in [5.74, 6) is 0. The van der Waals surface area contributed by atoms with Crippen molar-refractivity contribution in [2.45, 2.75) is 26.4 Å². The van der Waals surface area contributed by atoms with Gasteiger partial charge < -0.3 is 5.11 Å². The fourth-order valence-corrected chi connectivity index (χ4v) is 0. The molecule has 0 aliphatic rings. The SMILES string of the molecule is CC(C)(C)O.[Nd]. The zero-order chi connectivity index (χ0) is 4.50. The third kappa shape index (κ3) is 57.4. The van der Waals surface area contributed by atoms with Gasteiger partial charge in [-0.1, -0.05) is 0 Å². The second-order valence-electron chi connectivity index (χ2n) is 2.17. The predicted octanol–water partition coefficient (Wildman–Crippen LogP) is 0.777. The monoisotopic (exact) mass is 216 g/mol. The maximum atomic E-state index is 8.52. The van der Waals surface area contributed by atoms with Crippen molar-refractivity contribution in [3.63, 3.8) is 0 Å². The van der Waals surface area contributed by atoms with Crippen LogP contribution in [0.15, 0.2) is 0 Å². The van der Waals surface area contributed by atoms with Gasteiger partial charge in [0.05, 0.1) is 5.60 Å². The van der Waals surface area contributed by atoms with E-state index in [1.54, 1.807) is 20.8 Å². The van der Waals surface area contributed by atoms with Crippen LogP contribution in [0, 0.1) is 40.8 Å². The standard InChI is InChI=1S/C4H10O.Nd/c1-4(2,3)5;/h5H,1-3H3;. The third-order valence-electron chi connectivity index (χ3n) is 0. The number of hydrogen-bond acceptors (Lipinski definition) is 1. The van der Waals surface area contributed by atoms with Crippen LogP contribution in [0.25, 0.3) is 0 Å². The van der Waals surface area contributed by atoms with E-state index in [2.05, 4.69) is 0 Å². The summed E-state index contributed by atoms with van der Waals surface area (Å²) in [6.07, 6.45) is 0. The van der Waals surface area contributed by atoms with Crippen molar-refractivity contribution in [2.24, 2.45) is 0 Å². The van der Waals surface area contributed by atoms with Crippen LogP contribution >= 0.6 is 0 Å². The first-order chi connectivity index (χ1) is 2.00. The minimum absolute atomic E-state index is 0. The molecule has 0 radical (unpaired) electrons. The van der Waals surface area contributed by atoms with E-state index >= 15 is 0 Å². The smallest absolute Gasteiger partial charge is 0.0563 e. The van der Waals surface area contributed by atoms with Crippen molar-refractivity contribution in [3.05, 3.63) is 0 Å². The van der Waals surface area contributed by atoms with Gasteiger partial charge in [0.1, 0.15) is 0 Å². The van der Waals surface area contributed by atoms with Gasteiger partial charge in [-0.15, -0.1) is 0 Å². The van der Waals surface area contributed by atoms with Gasteiger partial charge in [-0.05, 0) is 20.8 Å². The molecular formula is C4H10NdO. The average Bonchev–Trinajstić information content (AvgIpc) is 0.722. The van der Waals surface area contributed by atoms with E-state index in [-0.39, 0.29) is 40.8 Å². The van der Waals surface area contributed by atoms with Crippen LogP contribution in [0.2, 0.25) is 0 Å². The molecule has 0 fully saturated rings. The molecule has 2 heteroatoms. The van der Waals surface area contributed by atoms with Gasteiger partial charge in [-0.2, -0.15) is 0 Å². The fraction of sp³-hybridized carbons (Fsp3) is 1.00. The van der Waals surface area contributed by atoms with Gasteiger partial charge in [-0.25, -0.2) is 0 Å². The summed E-state index contributed by atoms with van der Waals surface area (Å²) in [6.45, 7) is 5.23. The molecule has 0 rings (SSSR count). The maximum Gasteiger partial charge on any atom is 0.0563 e. The van der Waals surface area contributed by atoms with Gasteiger partial charge in [0.2, 0.25) is 0 Å². The van der Waals surface area contributed by atoms with Crippen molar-refractivity contribution in [3.8, 4) is 0 Å². The Hall–Kier alpha value is 1.31. The van der Waals surface area contributed by atoms with Gasteiger partial charge in [0.25, 0.3) is 0 Å². The minimum atomic E-state index is -0.500. The van der Waals surface area contributed by atoms with Crippen LogP contribution in [0.4, 0.5) is 0 Å². The van der Waals surface area contributed by atoms with E-state index in [4.69, 9.17) is 5.11 Å². The minimum Gasteiger partial charge on any atom is -0.391 e. The summed E-state index contributed by atoms with van der Waals surface area (Å²) in [5, 5.41) is 8.52. The first-order valence-electron chi connectivity index (χ1n) is 1.72. The van der Waals surface area contributed by atoms with Gasteiger partial charge in [-0.3, -0.25) is 0 Å². The molecule has 1 nitrogen and oxygen atoms in total. The molecule has 0 heterocycles. The quantitative estimate of drug-likeness (QED) is 0.637. The van der Waals surface area contributed by atoms with Crippen LogP contribution in [0.3, 0.4) is 0 Å². The van der Waals surface area contributed by atoms with Gasteiger partial charge >= 0.3 is 0 Å². The number of hydrogen-bond donors (Lipinski definition) is 1. The zero-order valence-electron chi connectivity index (χ0n) is 4.45. The van der Waals surface area contributed by atoms with E-state index in [1.807, 2.05) is 0 Å². The largest absolute Gasteiger partial charge is 0.391 e. The van der Waals surface area contributed by atoms with E-state index in [9.17, 15) is 0 Å². The average molecular weight is 218 g/mol. The van der Waals surface area contributed by atoms with E-state index in [0.717, 1.165) is 0 Å². The fourth-order valence-electron chi connectivity index (χ4n) is 0. The molecule has 0 atom stereocenters. The molecule has 0 aliphatic carbocycles. The molecule has 0 aromatic heterocycles. The van der Waals surface area contributed by atoms with Crippen molar-refractivity contribution < 1.29 is 45.9 Å². The van der Waals surface area contributed by atoms with E-state index in [1.165, 1.54) is 0 Å². The Morgan fingerprint density at radius 1 is 1.17 bits per heavy atom. The third-order valence-corrected chi connectivity index (χ3v) is 0. The molecule has 0 saturated carbocycles. The first-order valence-corrected chi connectivity index (χ1v) is 1.72. The van der Waals surface area contributed by atoms with E-state index < -0.39 is 5.60 Å². The first kappa shape index (κ1) is 10.3. The van der Waals surface area contributed by atoms with Crippen LogP contribution < -0.4 is 0 Å². The zero-order valence-corrected chi connectivity index (χ0v) is 7.66. The van der Waals surface area contributed by atoms with Crippen molar-refractivity contribution in [1.82, 2.24) is 0 Å². The molecular weight excluding hydrogens is 208 g/mol. The Bertz CT molecular complexity index is 23.0. The second kappa shape index (κ2) is 3.33. The molecule has 36 valence electrons. The molecule has 0 bridgehead atoms. The Balaban J connectivity index is 0. The maximum absolute atomic E-state index is 8.52.